The van der Waals surface area contributed by atoms with Gasteiger partial charge in [0.15, 0.2) is 5.79 Å². The molecule has 3 unspecified atom stereocenters. The van der Waals surface area contributed by atoms with Crippen LogP contribution in [0.2, 0.25) is 0 Å². The van der Waals surface area contributed by atoms with Gasteiger partial charge >= 0.3 is 6.09 Å². The Labute approximate surface area is 173 Å². The van der Waals surface area contributed by atoms with Crippen LogP contribution in [0.5, 0.6) is 0 Å². The number of benzene rings is 1. The van der Waals surface area contributed by atoms with Crippen molar-refractivity contribution in [3.8, 4) is 0 Å². The van der Waals surface area contributed by atoms with Crippen molar-refractivity contribution >= 4 is 11.9 Å². The Morgan fingerprint density at radius 1 is 1.14 bits per heavy atom. The molecule has 1 aromatic rings. The SMILES string of the molecule is CN(C(=O)OC(C)(C)C)C1CCC(C(=O)C(c2ccccc2)C2(C)OCCO2)C1. The van der Waals surface area contributed by atoms with Gasteiger partial charge in [-0.2, -0.15) is 0 Å². The molecule has 0 bridgehead atoms. The summed E-state index contributed by atoms with van der Waals surface area (Å²) in [6.07, 6.45) is 1.82. The summed E-state index contributed by atoms with van der Waals surface area (Å²) in [4.78, 5) is 27.7. The summed E-state index contributed by atoms with van der Waals surface area (Å²) in [5.74, 6) is -1.45. The predicted octanol–water partition coefficient (Wildman–Crippen LogP) is 4.14. The van der Waals surface area contributed by atoms with E-state index in [4.69, 9.17) is 14.2 Å². The molecular weight excluding hydrogens is 370 g/mol. The Bertz CT molecular complexity index is 721. The summed E-state index contributed by atoms with van der Waals surface area (Å²) in [6.45, 7) is 8.39. The molecule has 3 atom stereocenters. The third kappa shape index (κ3) is 4.98. The van der Waals surface area contributed by atoms with Crippen LogP contribution in [0.25, 0.3) is 0 Å². The fraction of sp³-hybridized carbons (Fsp3) is 0.652. The molecule has 1 aliphatic carbocycles. The van der Waals surface area contributed by atoms with Gasteiger partial charge in [-0.3, -0.25) is 4.79 Å². The van der Waals surface area contributed by atoms with E-state index in [0.29, 0.717) is 19.6 Å². The van der Waals surface area contributed by atoms with Gasteiger partial charge in [0.1, 0.15) is 11.4 Å². The van der Waals surface area contributed by atoms with Crippen molar-refractivity contribution < 1.29 is 23.8 Å². The zero-order chi connectivity index (χ0) is 21.2. The number of hydrogen-bond acceptors (Lipinski definition) is 5. The van der Waals surface area contributed by atoms with E-state index in [9.17, 15) is 9.59 Å². The molecule has 0 aromatic heterocycles. The van der Waals surface area contributed by atoms with Crippen molar-refractivity contribution in [3.05, 3.63) is 35.9 Å². The first-order valence-electron chi connectivity index (χ1n) is 10.4. The second-order valence-corrected chi connectivity index (χ2v) is 9.21. The molecule has 0 N–H and O–H groups in total. The van der Waals surface area contributed by atoms with Crippen LogP contribution in [0, 0.1) is 5.92 Å². The average Bonchev–Trinajstić information content (AvgIpc) is 3.30. The first-order valence-corrected chi connectivity index (χ1v) is 10.4. The minimum absolute atomic E-state index is 0.00607. The van der Waals surface area contributed by atoms with Crippen LogP contribution in [0.4, 0.5) is 4.79 Å². The summed E-state index contributed by atoms with van der Waals surface area (Å²) in [7, 11) is 1.75. The molecular formula is C23H33NO5. The van der Waals surface area contributed by atoms with Gasteiger partial charge in [0.2, 0.25) is 0 Å². The number of ketones is 1. The van der Waals surface area contributed by atoms with Crippen molar-refractivity contribution in [2.45, 2.75) is 70.3 Å². The molecule has 2 aliphatic rings. The third-order valence-corrected chi connectivity index (χ3v) is 5.84. The van der Waals surface area contributed by atoms with Gasteiger partial charge < -0.3 is 19.1 Å². The molecule has 1 aliphatic heterocycles. The lowest BCUT2D eigenvalue weighted by atomic mass is 9.81. The Kier molecular flexibility index (Phi) is 6.34. The van der Waals surface area contributed by atoms with E-state index in [1.807, 2.05) is 58.0 Å². The predicted molar refractivity (Wildman–Crippen MR) is 110 cm³/mol. The highest BCUT2D eigenvalue weighted by molar-refractivity contribution is 5.89. The van der Waals surface area contributed by atoms with Crippen molar-refractivity contribution in [3.63, 3.8) is 0 Å². The number of ether oxygens (including phenoxy) is 3. The average molecular weight is 404 g/mol. The van der Waals surface area contributed by atoms with Crippen LogP contribution >= 0.6 is 0 Å². The van der Waals surface area contributed by atoms with Crippen LogP contribution in [0.15, 0.2) is 30.3 Å². The molecule has 0 radical (unpaired) electrons. The summed E-state index contributed by atoms with van der Waals surface area (Å²) in [5.41, 5.74) is 0.370. The van der Waals surface area contributed by atoms with Gasteiger partial charge in [0, 0.05) is 19.0 Å². The monoisotopic (exact) mass is 403 g/mol. The highest BCUT2D eigenvalue weighted by Gasteiger charge is 2.48. The largest absolute Gasteiger partial charge is 0.444 e. The van der Waals surface area contributed by atoms with Crippen molar-refractivity contribution in [1.29, 1.82) is 0 Å². The molecule has 3 rings (SSSR count). The summed E-state index contributed by atoms with van der Waals surface area (Å²) < 4.78 is 17.2. The molecule has 6 nitrogen and oxygen atoms in total. The molecule has 0 spiro atoms. The summed E-state index contributed by atoms with van der Waals surface area (Å²) in [5, 5.41) is 0. The van der Waals surface area contributed by atoms with Gasteiger partial charge in [-0.05, 0) is 52.5 Å². The van der Waals surface area contributed by atoms with E-state index in [1.165, 1.54) is 0 Å². The fourth-order valence-electron chi connectivity index (χ4n) is 4.35. The minimum atomic E-state index is -0.951. The lowest BCUT2D eigenvalue weighted by molar-refractivity contribution is -0.171. The van der Waals surface area contributed by atoms with Crippen LogP contribution in [-0.2, 0) is 19.0 Å². The van der Waals surface area contributed by atoms with E-state index in [0.717, 1.165) is 18.4 Å². The number of carbonyl (C=O) groups excluding carboxylic acids is 2. The van der Waals surface area contributed by atoms with Gasteiger partial charge in [-0.15, -0.1) is 0 Å². The van der Waals surface area contributed by atoms with Gasteiger partial charge in [0.25, 0.3) is 0 Å². The summed E-state index contributed by atoms with van der Waals surface area (Å²) in [6, 6.07) is 9.71. The Morgan fingerprint density at radius 2 is 1.76 bits per heavy atom. The van der Waals surface area contributed by atoms with Crippen LogP contribution < -0.4 is 0 Å². The van der Waals surface area contributed by atoms with Crippen molar-refractivity contribution in [1.82, 2.24) is 4.90 Å². The minimum Gasteiger partial charge on any atom is -0.444 e. The van der Waals surface area contributed by atoms with E-state index >= 15 is 0 Å². The Morgan fingerprint density at radius 3 is 2.34 bits per heavy atom. The molecule has 1 amide bonds. The van der Waals surface area contributed by atoms with Crippen molar-refractivity contribution in [2.24, 2.45) is 5.92 Å². The van der Waals surface area contributed by atoms with E-state index in [-0.39, 0.29) is 23.8 Å². The first-order chi connectivity index (χ1) is 13.6. The molecule has 1 saturated heterocycles. The second-order valence-electron chi connectivity index (χ2n) is 9.21. The fourth-order valence-corrected chi connectivity index (χ4v) is 4.35. The Balaban J connectivity index is 1.74. The highest BCUT2D eigenvalue weighted by atomic mass is 16.7. The lowest BCUT2D eigenvalue weighted by Gasteiger charge is -2.33. The topological polar surface area (TPSA) is 65.1 Å². The number of rotatable bonds is 5. The second kappa shape index (κ2) is 8.44. The molecule has 1 saturated carbocycles. The van der Waals surface area contributed by atoms with Gasteiger partial charge in [-0.1, -0.05) is 30.3 Å². The number of amides is 1. The van der Waals surface area contributed by atoms with E-state index in [1.54, 1.807) is 11.9 Å². The standard InChI is InChI=1S/C23H33NO5/c1-22(2,3)29-21(26)24(5)18-12-11-17(15-18)20(25)19(16-9-7-6-8-10-16)23(4)27-13-14-28-23/h6-10,17-19H,11-15H2,1-5H3. The molecule has 29 heavy (non-hydrogen) atoms. The molecule has 6 heteroatoms. The molecule has 2 fully saturated rings. The van der Waals surface area contributed by atoms with Crippen LogP contribution in [0.3, 0.4) is 0 Å². The zero-order valence-electron chi connectivity index (χ0n) is 18.1. The number of carbonyl (C=O) groups is 2. The maximum Gasteiger partial charge on any atom is 0.410 e. The van der Waals surface area contributed by atoms with Crippen LogP contribution in [0.1, 0.15) is 58.4 Å². The highest BCUT2D eigenvalue weighted by Crippen LogP contribution is 2.41. The van der Waals surface area contributed by atoms with Crippen LogP contribution in [-0.4, -0.2) is 54.5 Å². The van der Waals surface area contributed by atoms with Gasteiger partial charge in [-0.25, -0.2) is 4.79 Å². The third-order valence-electron chi connectivity index (χ3n) is 5.84. The molecule has 1 aromatic carbocycles. The smallest absolute Gasteiger partial charge is 0.410 e. The first kappa shape index (κ1) is 21.8. The Hall–Kier alpha value is -1.92. The molecule has 1 heterocycles. The summed E-state index contributed by atoms with van der Waals surface area (Å²) >= 11 is 0. The maximum absolute atomic E-state index is 13.6. The quantitative estimate of drug-likeness (QED) is 0.739. The number of nitrogens with zero attached hydrogens (tertiary/aromatic N) is 1. The molecule has 160 valence electrons. The van der Waals surface area contributed by atoms with E-state index in [2.05, 4.69) is 0 Å². The number of Topliss-reactive ketones (excluding diaryl/α,β-unsaturated/α-hetero) is 1. The number of hydrogen-bond donors (Lipinski definition) is 0. The zero-order valence-corrected chi connectivity index (χ0v) is 18.1. The maximum atomic E-state index is 13.6. The van der Waals surface area contributed by atoms with E-state index < -0.39 is 17.3 Å². The normalized spacial score (nSPS) is 24.9. The van der Waals surface area contributed by atoms with Gasteiger partial charge in [0.05, 0.1) is 19.1 Å². The van der Waals surface area contributed by atoms with Crippen molar-refractivity contribution in [2.75, 3.05) is 20.3 Å². The lowest BCUT2D eigenvalue weighted by Crippen LogP contribution is -2.42.